The van der Waals surface area contributed by atoms with Crippen LogP contribution in [0.4, 0.5) is 5.69 Å². The molecule has 2 rings (SSSR count). The van der Waals surface area contributed by atoms with Gasteiger partial charge in [-0.25, -0.2) is 0 Å². The lowest BCUT2D eigenvalue weighted by Crippen LogP contribution is -2.31. The number of benzene rings is 2. The van der Waals surface area contributed by atoms with E-state index in [1.54, 1.807) is 39.5 Å². The van der Waals surface area contributed by atoms with Crippen LogP contribution in [-0.2, 0) is 4.79 Å². The van der Waals surface area contributed by atoms with Crippen molar-refractivity contribution < 1.29 is 19.0 Å². The van der Waals surface area contributed by atoms with Crippen LogP contribution in [0, 0.1) is 6.92 Å². The van der Waals surface area contributed by atoms with E-state index in [2.05, 4.69) is 0 Å². The zero-order valence-electron chi connectivity index (χ0n) is 13.8. The van der Waals surface area contributed by atoms with Crippen molar-refractivity contribution in [3.05, 3.63) is 48.0 Å². The van der Waals surface area contributed by atoms with E-state index in [-0.39, 0.29) is 12.5 Å². The highest BCUT2D eigenvalue weighted by molar-refractivity contribution is 5.94. The molecule has 5 nitrogen and oxygen atoms in total. The van der Waals surface area contributed by atoms with Gasteiger partial charge in [0.05, 0.1) is 14.2 Å². The summed E-state index contributed by atoms with van der Waals surface area (Å²) in [7, 11) is 4.83. The maximum atomic E-state index is 12.3. The Balaban J connectivity index is 2.04. The van der Waals surface area contributed by atoms with Crippen molar-refractivity contribution in [1.82, 2.24) is 0 Å². The first-order valence-electron chi connectivity index (χ1n) is 7.23. The fourth-order valence-electron chi connectivity index (χ4n) is 2.12. The molecule has 0 atom stereocenters. The van der Waals surface area contributed by atoms with Crippen LogP contribution in [0.15, 0.2) is 42.5 Å². The average molecular weight is 315 g/mol. The first kappa shape index (κ1) is 16.7. The van der Waals surface area contributed by atoms with Gasteiger partial charge in [0.15, 0.2) is 18.1 Å². The Kier molecular flexibility index (Phi) is 5.46. The molecule has 2 aromatic carbocycles. The van der Waals surface area contributed by atoms with Gasteiger partial charge in [0.2, 0.25) is 0 Å². The molecule has 1 amide bonds. The minimum Gasteiger partial charge on any atom is -0.493 e. The summed E-state index contributed by atoms with van der Waals surface area (Å²) in [5.41, 5.74) is 1.80. The maximum absolute atomic E-state index is 12.3. The third-order valence-corrected chi connectivity index (χ3v) is 3.48. The number of hydrogen-bond donors (Lipinski definition) is 0. The summed E-state index contributed by atoms with van der Waals surface area (Å²) < 4.78 is 16.0. The SMILES string of the molecule is COc1ccc(N(C)C(=O)COc2cccc(C)c2)cc1OC. The number of amides is 1. The highest BCUT2D eigenvalue weighted by Gasteiger charge is 2.14. The van der Waals surface area contributed by atoms with Gasteiger partial charge in [-0.1, -0.05) is 12.1 Å². The van der Waals surface area contributed by atoms with Gasteiger partial charge in [-0.2, -0.15) is 0 Å². The molecule has 5 heteroatoms. The first-order valence-corrected chi connectivity index (χ1v) is 7.23. The van der Waals surface area contributed by atoms with Crippen LogP contribution in [0.1, 0.15) is 5.56 Å². The maximum Gasteiger partial charge on any atom is 0.264 e. The third-order valence-electron chi connectivity index (χ3n) is 3.48. The second-order valence-corrected chi connectivity index (χ2v) is 5.10. The molecule has 0 bridgehead atoms. The molecule has 0 N–H and O–H groups in total. The van der Waals surface area contributed by atoms with Crippen LogP contribution in [0.3, 0.4) is 0 Å². The van der Waals surface area contributed by atoms with E-state index >= 15 is 0 Å². The van der Waals surface area contributed by atoms with Crippen LogP contribution in [-0.4, -0.2) is 33.8 Å². The standard InChI is InChI=1S/C18H21NO4/c1-13-6-5-7-15(10-13)23-12-18(20)19(2)14-8-9-16(21-3)17(11-14)22-4/h5-11H,12H2,1-4H3. The fraction of sp³-hybridized carbons (Fsp3) is 0.278. The van der Waals surface area contributed by atoms with Gasteiger partial charge < -0.3 is 19.1 Å². The van der Waals surface area contributed by atoms with Crippen LogP contribution in [0.25, 0.3) is 0 Å². The number of rotatable bonds is 6. The molecule has 0 aromatic heterocycles. The van der Waals surface area contributed by atoms with Gasteiger partial charge in [0, 0.05) is 18.8 Å². The first-order chi connectivity index (χ1) is 11.0. The molecule has 122 valence electrons. The highest BCUT2D eigenvalue weighted by Crippen LogP contribution is 2.31. The summed E-state index contributed by atoms with van der Waals surface area (Å²) in [6.07, 6.45) is 0. The van der Waals surface area contributed by atoms with Crippen LogP contribution < -0.4 is 19.1 Å². The predicted molar refractivity (Wildman–Crippen MR) is 89.6 cm³/mol. The number of likely N-dealkylation sites (N-methyl/N-ethyl adjacent to an activating group) is 1. The number of ether oxygens (including phenoxy) is 3. The van der Waals surface area contributed by atoms with E-state index in [1.165, 1.54) is 4.90 Å². The zero-order chi connectivity index (χ0) is 16.8. The van der Waals surface area contributed by atoms with Crippen LogP contribution >= 0.6 is 0 Å². The molecule has 0 radical (unpaired) electrons. The molecule has 0 aliphatic rings. The lowest BCUT2D eigenvalue weighted by atomic mass is 10.2. The molecular formula is C18H21NO4. The van der Waals surface area contributed by atoms with Gasteiger partial charge in [-0.15, -0.1) is 0 Å². The second kappa shape index (κ2) is 7.54. The normalized spacial score (nSPS) is 10.1. The summed E-state index contributed by atoms with van der Waals surface area (Å²) in [5, 5.41) is 0. The fourth-order valence-corrected chi connectivity index (χ4v) is 2.12. The number of methoxy groups -OCH3 is 2. The number of carbonyl (C=O) groups excluding carboxylic acids is 1. The lowest BCUT2D eigenvalue weighted by molar-refractivity contribution is -0.120. The summed E-state index contributed by atoms with van der Waals surface area (Å²) in [6.45, 7) is 1.94. The zero-order valence-corrected chi connectivity index (χ0v) is 13.8. The predicted octanol–water partition coefficient (Wildman–Crippen LogP) is 3.05. The van der Waals surface area contributed by atoms with Crippen molar-refractivity contribution in [2.75, 3.05) is 32.8 Å². The minimum atomic E-state index is -0.154. The van der Waals surface area contributed by atoms with Crippen LogP contribution in [0.2, 0.25) is 0 Å². The van der Waals surface area contributed by atoms with Crippen molar-refractivity contribution >= 4 is 11.6 Å². The van der Waals surface area contributed by atoms with E-state index in [9.17, 15) is 4.79 Å². The highest BCUT2D eigenvalue weighted by atomic mass is 16.5. The van der Waals surface area contributed by atoms with E-state index in [1.807, 2.05) is 31.2 Å². The molecule has 0 heterocycles. The van der Waals surface area contributed by atoms with Crippen molar-refractivity contribution in [3.63, 3.8) is 0 Å². The topological polar surface area (TPSA) is 48.0 Å². The summed E-state index contributed by atoms with van der Waals surface area (Å²) in [5.74, 6) is 1.72. The van der Waals surface area contributed by atoms with Crippen molar-refractivity contribution in [1.29, 1.82) is 0 Å². The molecule has 0 aliphatic carbocycles. The largest absolute Gasteiger partial charge is 0.493 e. The van der Waals surface area contributed by atoms with Gasteiger partial charge in [-0.05, 0) is 36.8 Å². The average Bonchev–Trinajstić information content (AvgIpc) is 2.58. The van der Waals surface area contributed by atoms with E-state index in [0.717, 1.165) is 5.56 Å². The van der Waals surface area contributed by atoms with E-state index < -0.39 is 0 Å². The summed E-state index contributed by atoms with van der Waals surface area (Å²) >= 11 is 0. The molecule has 0 saturated carbocycles. The van der Waals surface area contributed by atoms with E-state index in [0.29, 0.717) is 22.9 Å². The third kappa shape index (κ3) is 4.16. The lowest BCUT2D eigenvalue weighted by Gasteiger charge is -2.19. The number of anilines is 1. The minimum absolute atomic E-state index is 0.0334. The Morgan fingerprint density at radius 3 is 2.43 bits per heavy atom. The molecule has 2 aromatic rings. The van der Waals surface area contributed by atoms with Crippen molar-refractivity contribution in [2.45, 2.75) is 6.92 Å². The molecule has 0 aliphatic heterocycles. The Morgan fingerprint density at radius 2 is 1.78 bits per heavy atom. The van der Waals surface area contributed by atoms with Gasteiger partial charge >= 0.3 is 0 Å². The Bertz CT molecular complexity index is 684. The summed E-state index contributed by atoms with van der Waals surface area (Å²) in [6, 6.07) is 12.9. The van der Waals surface area contributed by atoms with Crippen molar-refractivity contribution in [2.24, 2.45) is 0 Å². The quantitative estimate of drug-likeness (QED) is 0.822. The number of carbonyl (C=O) groups is 1. The second-order valence-electron chi connectivity index (χ2n) is 5.10. The monoisotopic (exact) mass is 315 g/mol. The Labute approximate surface area is 136 Å². The Hall–Kier alpha value is -2.69. The molecule has 23 heavy (non-hydrogen) atoms. The molecule has 0 unspecified atom stereocenters. The molecular weight excluding hydrogens is 294 g/mol. The number of hydrogen-bond acceptors (Lipinski definition) is 4. The molecule has 0 spiro atoms. The van der Waals surface area contributed by atoms with E-state index in [4.69, 9.17) is 14.2 Å². The van der Waals surface area contributed by atoms with Gasteiger partial charge in [-0.3, -0.25) is 4.79 Å². The van der Waals surface area contributed by atoms with Gasteiger partial charge in [0.25, 0.3) is 5.91 Å². The Morgan fingerprint density at radius 1 is 1.04 bits per heavy atom. The smallest absolute Gasteiger partial charge is 0.264 e. The molecule has 0 saturated heterocycles. The van der Waals surface area contributed by atoms with Crippen LogP contribution in [0.5, 0.6) is 17.2 Å². The molecule has 0 fully saturated rings. The van der Waals surface area contributed by atoms with Crippen molar-refractivity contribution in [3.8, 4) is 17.2 Å². The summed E-state index contributed by atoms with van der Waals surface area (Å²) in [4.78, 5) is 13.8. The number of aryl methyl sites for hydroxylation is 1. The number of nitrogens with zero attached hydrogens (tertiary/aromatic N) is 1. The van der Waals surface area contributed by atoms with Gasteiger partial charge in [0.1, 0.15) is 5.75 Å².